The van der Waals surface area contributed by atoms with Gasteiger partial charge in [-0.05, 0) is 25.3 Å². The zero-order valence-corrected chi connectivity index (χ0v) is 17.0. The molecule has 5 rings (SSSR count). The van der Waals surface area contributed by atoms with Crippen LogP contribution in [0.2, 0.25) is 0 Å². The van der Waals surface area contributed by atoms with E-state index in [1.54, 1.807) is 4.90 Å². The van der Waals surface area contributed by atoms with Crippen LogP contribution in [0, 0.1) is 11.7 Å². The molecule has 3 aliphatic rings. The lowest BCUT2D eigenvalue weighted by atomic mass is 9.91. The molecule has 2 aliphatic heterocycles. The number of ether oxygens (including phenoxy) is 2. The number of fused-ring (bicyclic) bond motifs is 2. The minimum absolute atomic E-state index is 0.00186. The van der Waals surface area contributed by atoms with Crippen LogP contribution in [0.3, 0.4) is 0 Å². The van der Waals surface area contributed by atoms with E-state index >= 15 is 4.39 Å². The molecular formula is C21H22F3N3O5. The molecule has 0 bridgehead atoms. The SMILES string of the molecule is NC[C@]12CN(c3c(F)cc4c(=O)c(C(=O)O)cn(C5CC5)c4c3OC(F)F)C[C@H]1CCO2. The summed E-state index contributed by atoms with van der Waals surface area (Å²) in [5.74, 6) is -2.88. The zero-order chi connectivity index (χ0) is 22.8. The first kappa shape index (κ1) is 21.1. The number of anilines is 1. The molecule has 0 amide bonds. The molecule has 3 fully saturated rings. The number of halogens is 3. The van der Waals surface area contributed by atoms with Crippen LogP contribution in [-0.4, -0.2) is 54.1 Å². The minimum atomic E-state index is -3.28. The van der Waals surface area contributed by atoms with Crippen molar-refractivity contribution in [3.05, 3.63) is 33.9 Å². The summed E-state index contributed by atoms with van der Waals surface area (Å²) in [5, 5.41) is 9.11. The summed E-state index contributed by atoms with van der Waals surface area (Å²) >= 11 is 0. The van der Waals surface area contributed by atoms with Crippen molar-refractivity contribution in [2.45, 2.75) is 37.5 Å². The molecule has 1 aromatic carbocycles. The van der Waals surface area contributed by atoms with E-state index in [1.165, 1.54) is 4.57 Å². The molecule has 11 heteroatoms. The van der Waals surface area contributed by atoms with Gasteiger partial charge < -0.3 is 29.8 Å². The second-order valence-corrected chi connectivity index (χ2v) is 8.61. The zero-order valence-electron chi connectivity index (χ0n) is 17.0. The lowest BCUT2D eigenvalue weighted by molar-refractivity contribution is -0.0488. The first-order valence-electron chi connectivity index (χ1n) is 10.4. The largest absolute Gasteiger partial charge is 0.477 e. The highest BCUT2D eigenvalue weighted by atomic mass is 19.3. The Kier molecular flexibility index (Phi) is 4.86. The van der Waals surface area contributed by atoms with Crippen LogP contribution in [0.15, 0.2) is 17.1 Å². The summed E-state index contributed by atoms with van der Waals surface area (Å²) in [6.07, 6.45) is 3.19. The van der Waals surface area contributed by atoms with E-state index in [-0.39, 0.29) is 41.6 Å². The number of carboxylic acid groups (broad SMARTS) is 1. The Bertz CT molecular complexity index is 1170. The number of hydrogen-bond acceptors (Lipinski definition) is 6. The second kappa shape index (κ2) is 7.38. The fraction of sp³-hybridized carbons (Fsp3) is 0.524. The van der Waals surface area contributed by atoms with Gasteiger partial charge in [-0.25, -0.2) is 9.18 Å². The number of carboxylic acids is 1. The van der Waals surface area contributed by atoms with E-state index < -0.39 is 40.7 Å². The highest BCUT2D eigenvalue weighted by Gasteiger charge is 2.51. The van der Waals surface area contributed by atoms with Crippen LogP contribution in [0.4, 0.5) is 18.9 Å². The maximum absolute atomic E-state index is 15.4. The van der Waals surface area contributed by atoms with Crippen LogP contribution < -0.4 is 20.8 Å². The quantitative estimate of drug-likeness (QED) is 0.691. The van der Waals surface area contributed by atoms with Crippen molar-refractivity contribution >= 4 is 22.6 Å². The summed E-state index contributed by atoms with van der Waals surface area (Å²) in [6, 6.07) is 0.729. The number of nitrogens with two attached hydrogens (primary N) is 1. The molecule has 3 N–H and O–H groups in total. The number of rotatable bonds is 6. The van der Waals surface area contributed by atoms with Gasteiger partial charge in [0.1, 0.15) is 16.9 Å². The van der Waals surface area contributed by atoms with Gasteiger partial charge in [0.15, 0.2) is 11.6 Å². The standard InChI is InChI=1S/C21H22F3N3O5/c22-14-5-12-15(27(11-1-2-11)7-13(17(12)28)19(29)30)18(32-20(23)24)16(14)26-6-10-3-4-31-21(10,8-25)9-26/h5,7,10-11,20H,1-4,6,8-9,25H2,(H,29,30)/t10-,21+/m1/s1. The van der Waals surface area contributed by atoms with Crippen molar-refractivity contribution in [2.75, 3.05) is 31.1 Å². The van der Waals surface area contributed by atoms with Gasteiger partial charge in [0.2, 0.25) is 5.43 Å². The highest BCUT2D eigenvalue weighted by molar-refractivity contribution is 5.97. The molecule has 32 heavy (non-hydrogen) atoms. The third-order valence-corrected chi connectivity index (χ3v) is 6.74. The molecule has 0 unspecified atom stereocenters. The van der Waals surface area contributed by atoms with Gasteiger partial charge in [0.05, 0.1) is 10.9 Å². The van der Waals surface area contributed by atoms with Gasteiger partial charge in [0, 0.05) is 44.4 Å². The van der Waals surface area contributed by atoms with E-state index in [9.17, 15) is 23.5 Å². The average Bonchev–Trinajstić information content (AvgIpc) is 3.40. The summed E-state index contributed by atoms with van der Waals surface area (Å²) in [7, 11) is 0. The normalized spacial score (nSPS) is 25.0. The van der Waals surface area contributed by atoms with Crippen molar-refractivity contribution in [3.8, 4) is 5.75 Å². The fourth-order valence-electron chi connectivity index (χ4n) is 5.06. The summed E-state index contributed by atoms with van der Waals surface area (Å²) in [4.78, 5) is 25.9. The number of pyridine rings is 1. The van der Waals surface area contributed by atoms with E-state index in [0.29, 0.717) is 32.4 Å². The van der Waals surface area contributed by atoms with Gasteiger partial charge in [0.25, 0.3) is 0 Å². The number of hydrogen-bond donors (Lipinski definition) is 2. The van der Waals surface area contributed by atoms with Crippen molar-refractivity contribution in [1.82, 2.24) is 4.57 Å². The fourth-order valence-corrected chi connectivity index (χ4v) is 5.06. The van der Waals surface area contributed by atoms with Gasteiger partial charge >= 0.3 is 12.6 Å². The molecule has 8 nitrogen and oxygen atoms in total. The van der Waals surface area contributed by atoms with Crippen LogP contribution >= 0.6 is 0 Å². The molecule has 3 heterocycles. The second-order valence-electron chi connectivity index (χ2n) is 8.61. The molecule has 1 saturated carbocycles. The Labute approximate surface area is 180 Å². The molecule has 2 aromatic rings. The predicted molar refractivity (Wildman–Crippen MR) is 108 cm³/mol. The first-order chi connectivity index (χ1) is 15.3. The predicted octanol–water partition coefficient (Wildman–Crippen LogP) is 2.33. The van der Waals surface area contributed by atoms with Crippen LogP contribution in [0.1, 0.15) is 35.7 Å². The van der Waals surface area contributed by atoms with Crippen molar-refractivity contribution in [1.29, 1.82) is 0 Å². The number of benzene rings is 1. The number of carbonyl (C=O) groups is 1. The Hall–Kier alpha value is -2.79. The highest BCUT2D eigenvalue weighted by Crippen LogP contribution is 2.48. The smallest absolute Gasteiger partial charge is 0.387 e. The molecule has 172 valence electrons. The van der Waals surface area contributed by atoms with Crippen LogP contribution in [-0.2, 0) is 4.74 Å². The number of nitrogens with zero attached hydrogens (tertiary/aromatic N) is 2. The Balaban J connectivity index is 1.76. The molecular weight excluding hydrogens is 431 g/mol. The third-order valence-electron chi connectivity index (χ3n) is 6.74. The summed E-state index contributed by atoms with van der Waals surface area (Å²) < 4.78 is 54.5. The third kappa shape index (κ3) is 3.14. The summed E-state index contributed by atoms with van der Waals surface area (Å²) in [6.45, 7) is -2.03. The van der Waals surface area contributed by atoms with Gasteiger partial charge in [-0.3, -0.25) is 4.79 Å². The Morgan fingerprint density at radius 2 is 2.12 bits per heavy atom. The van der Waals surface area contributed by atoms with E-state index in [4.69, 9.17) is 15.2 Å². The Morgan fingerprint density at radius 3 is 2.72 bits per heavy atom. The van der Waals surface area contributed by atoms with Crippen molar-refractivity contribution in [2.24, 2.45) is 11.7 Å². The van der Waals surface area contributed by atoms with Crippen LogP contribution in [0.5, 0.6) is 5.75 Å². The lowest BCUT2D eigenvalue weighted by Gasteiger charge is -2.28. The van der Waals surface area contributed by atoms with Crippen molar-refractivity contribution < 1.29 is 32.5 Å². The topological polar surface area (TPSA) is 107 Å². The van der Waals surface area contributed by atoms with E-state index in [1.807, 2.05) is 0 Å². The molecule has 1 aromatic heterocycles. The van der Waals surface area contributed by atoms with E-state index in [2.05, 4.69) is 0 Å². The summed E-state index contributed by atoms with van der Waals surface area (Å²) in [5.41, 5.74) is 3.51. The number of alkyl halides is 2. The maximum Gasteiger partial charge on any atom is 0.387 e. The first-order valence-corrected chi connectivity index (χ1v) is 10.4. The van der Waals surface area contributed by atoms with Gasteiger partial charge in [-0.1, -0.05) is 0 Å². The minimum Gasteiger partial charge on any atom is -0.477 e. The number of aromatic carboxylic acids is 1. The molecule has 2 saturated heterocycles. The molecule has 0 radical (unpaired) electrons. The van der Waals surface area contributed by atoms with Crippen molar-refractivity contribution in [3.63, 3.8) is 0 Å². The molecule has 0 spiro atoms. The maximum atomic E-state index is 15.4. The van der Waals surface area contributed by atoms with Gasteiger partial charge in [-0.2, -0.15) is 8.78 Å². The van der Waals surface area contributed by atoms with Gasteiger partial charge in [-0.15, -0.1) is 0 Å². The van der Waals surface area contributed by atoms with Crippen LogP contribution in [0.25, 0.3) is 10.9 Å². The monoisotopic (exact) mass is 453 g/mol. The average molecular weight is 453 g/mol. The van der Waals surface area contributed by atoms with E-state index in [0.717, 1.165) is 12.3 Å². The molecule has 2 atom stereocenters. The Morgan fingerprint density at radius 1 is 1.38 bits per heavy atom. The number of aromatic nitrogens is 1. The lowest BCUT2D eigenvalue weighted by Crippen LogP contribution is -2.44. The molecule has 1 aliphatic carbocycles.